The molecule has 2 N–H and O–H groups in total. The molecule has 0 aliphatic heterocycles. The van der Waals surface area contributed by atoms with Crippen LogP contribution in [0.25, 0.3) is 10.8 Å². The van der Waals surface area contributed by atoms with Crippen molar-refractivity contribution in [3.05, 3.63) is 120 Å². The summed E-state index contributed by atoms with van der Waals surface area (Å²) in [4.78, 5) is 26.8. The van der Waals surface area contributed by atoms with Crippen LogP contribution in [-0.2, 0) is 0 Å². The summed E-state index contributed by atoms with van der Waals surface area (Å²) in [5, 5.41) is 1.98. The summed E-state index contributed by atoms with van der Waals surface area (Å²) in [6, 6.07) is 30.7. The van der Waals surface area contributed by atoms with Crippen molar-refractivity contribution in [1.29, 1.82) is 0 Å². The highest BCUT2D eigenvalue weighted by Gasteiger charge is 2.35. The van der Waals surface area contributed by atoms with E-state index >= 15 is 0 Å². The van der Waals surface area contributed by atoms with Gasteiger partial charge in [0.25, 0.3) is 0 Å². The molecule has 0 aliphatic carbocycles. The lowest BCUT2D eigenvalue weighted by Crippen LogP contribution is -2.35. The Morgan fingerprint density at radius 3 is 1.66 bits per heavy atom. The molecular weight excluding hydrogens is 358 g/mol. The molecule has 0 fully saturated rings. The Labute approximate surface area is 169 Å². The normalized spacial score (nSPS) is 12.1. The minimum atomic E-state index is -1.01. The first kappa shape index (κ1) is 18.8. The van der Waals surface area contributed by atoms with Gasteiger partial charge in [0, 0.05) is 17.2 Å². The molecule has 0 aliphatic rings. The van der Waals surface area contributed by atoms with Gasteiger partial charge in [-0.2, -0.15) is 0 Å². The topological polar surface area (TPSA) is 60.2 Å². The Morgan fingerprint density at radius 2 is 1.07 bits per heavy atom. The van der Waals surface area contributed by atoms with Crippen LogP contribution in [-0.4, -0.2) is 11.6 Å². The molecule has 0 heterocycles. The predicted octanol–water partition coefficient (Wildman–Crippen LogP) is 5.22. The van der Waals surface area contributed by atoms with E-state index in [0.29, 0.717) is 11.1 Å². The number of carbonyl (C=O) groups is 2. The monoisotopic (exact) mass is 379 g/mol. The smallest absolute Gasteiger partial charge is 0.175 e. The average Bonchev–Trinajstić information content (AvgIpc) is 2.79. The number of benzene rings is 4. The summed E-state index contributed by atoms with van der Waals surface area (Å²) in [5.41, 5.74) is 8.40. The summed E-state index contributed by atoms with van der Waals surface area (Å²) in [7, 11) is 0. The first-order chi connectivity index (χ1) is 14.2. The molecule has 0 saturated carbocycles. The fourth-order valence-corrected chi connectivity index (χ4v) is 3.73. The third kappa shape index (κ3) is 3.73. The van der Waals surface area contributed by atoms with E-state index in [9.17, 15) is 9.59 Å². The zero-order valence-corrected chi connectivity index (χ0v) is 15.9. The molecule has 29 heavy (non-hydrogen) atoms. The first-order valence-electron chi connectivity index (χ1n) is 9.58. The van der Waals surface area contributed by atoms with E-state index in [2.05, 4.69) is 0 Å². The van der Waals surface area contributed by atoms with E-state index in [1.165, 1.54) is 0 Å². The second kappa shape index (κ2) is 8.21. The quantitative estimate of drug-likeness (QED) is 0.369. The maximum atomic E-state index is 13.4. The zero-order chi connectivity index (χ0) is 20.2. The summed E-state index contributed by atoms with van der Waals surface area (Å²) < 4.78 is 0. The van der Waals surface area contributed by atoms with Crippen molar-refractivity contribution in [3.63, 3.8) is 0 Å². The van der Waals surface area contributed by atoms with Gasteiger partial charge in [-0.05, 0) is 16.3 Å². The molecule has 1 atom stereocenters. The van der Waals surface area contributed by atoms with Gasteiger partial charge in [0.1, 0.15) is 5.92 Å². The largest absolute Gasteiger partial charge is 0.323 e. The van der Waals surface area contributed by atoms with Crippen molar-refractivity contribution in [3.8, 4) is 0 Å². The summed E-state index contributed by atoms with van der Waals surface area (Å²) in [6.07, 6.45) is 0. The van der Waals surface area contributed by atoms with Gasteiger partial charge in [-0.15, -0.1) is 0 Å². The van der Waals surface area contributed by atoms with Gasteiger partial charge in [-0.25, -0.2) is 0 Å². The van der Waals surface area contributed by atoms with Crippen LogP contribution in [0, 0.1) is 5.92 Å². The second-order valence-electron chi connectivity index (χ2n) is 7.03. The molecule has 0 bridgehead atoms. The van der Waals surface area contributed by atoms with E-state index < -0.39 is 12.0 Å². The Balaban J connectivity index is 1.83. The number of hydrogen-bond donors (Lipinski definition) is 1. The molecule has 0 radical (unpaired) electrons. The van der Waals surface area contributed by atoms with E-state index in [4.69, 9.17) is 5.73 Å². The molecule has 4 aromatic carbocycles. The SMILES string of the molecule is NC(c1cccc2ccccc12)C(C(=O)c1ccccc1)C(=O)c1ccccc1. The fraction of sp³-hybridized carbons (Fsp3) is 0.0769. The number of ketones is 2. The Hall–Kier alpha value is -3.56. The van der Waals surface area contributed by atoms with E-state index in [-0.39, 0.29) is 11.6 Å². The highest BCUT2D eigenvalue weighted by atomic mass is 16.2. The van der Waals surface area contributed by atoms with Gasteiger partial charge >= 0.3 is 0 Å². The number of rotatable bonds is 6. The minimum absolute atomic E-state index is 0.264. The van der Waals surface area contributed by atoms with Crippen LogP contribution in [0.1, 0.15) is 32.3 Å². The summed E-state index contributed by atoms with van der Waals surface area (Å²) >= 11 is 0. The van der Waals surface area contributed by atoms with Gasteiger partial charge in [-0.1, -0.05) is 103 Å². The summed E-state index contributed by atoms with van der Waals surface area (Å²) in [6.45, 7) is 0. The maximum absolute atomic E-state index is 13.4. The van der Waals surface area contributed by atoms with Gasteiger partial charge in [-0.3, -0.25) is 9.59 Å². The van der Waals surface area contributed by atoms with Crippen LogP contribution in [0.4, 0.5) is 0 Å². The fourth-order valence-electron chi connectivity index (χ4n) is 3.73. The standard InChI is InChI=1S/C26H21NO2/c27-24(22-17-9-15-18-10-7-8-16-21(18)22)23(25(28)19-11-3-1-4-12-19)26(29)20-13-5-2-6-14-20/h1-17,23-24H,27H2. The second-order valence-corrected chi connectivity index (χ2v) is 7.03. The summed E-state index contributed by atoms with van der Waals surface area (Å²) in [5.74, 6) is -1.54. The molecule has 4 rings (SSSR count). The van der Waals surface area contributed by atoms with Crippen molar-refractivity contribution in [1.82, 2.24) is 0 Å². The lowest BCUT2D eigenvalue weighted by atomic mass is 9.80. The third-order valence-electron chi connectivity index (χ3n) is 5.22. The van der Waals surface area contributed by atoms with Crippen LogP contribution in [0.3, 0.4) is 0 Å². The van der Waals surface area contributed by atoms with Gasteiger partial charge in [0.2, 0.25) is 0 Å². The average molecular weight is 379 g/mol. The van der Waals surface area contributed by atoms with Crippen molar-refractivity contribution in [2.45, 2.75) is 6.04 Å². The highest BCUT2D eigenvalue weighted by Crippen LogP contribution is 2.31. The zero-order valence-electron chi connectivity index (χ0n) is 15.9. The van der Waals surface area contributed by atoms with Crippen molar-refractivity contribution in [2.24, 2.45) is 11.7 Å². The van der Waals surface area contributed by atoms with E-state index in [1.54, 1.807) is 48.5 Å². The molecule has 0 amide bonds. The Bertz CT molecular complexity index is 1100. The molecule has 3 nitrogen and oxygen atoms in total. The van der Waals surface area contributed by atoms with Crippen LogP contribution in [0.2, 0.25) is 0 Å². The Kier molecular flexibility index (Phi) is 5.32. The molecular formula is C26H21NO2. The van der Waals surface area contributed by atoms with E-state index in [1.807, 2.05) is 54.6 Å². The van der Waals surface area contributed by atoms with Crippen LogP contribution < -0.4 is 5.73 Å². The molecule has 0 spiro atoms. The van der Waals surface area contributed by atoms with Crippen LogP contribution >= 0.6 is 0 Å². The van der Waals surface area contributed by atoms with Crippen LogP contribution in [0.15, 0.2) is 103 Å². The third-order valence-corrected chi connectivity index (χ3v) is 5.22. The van der Waals surface area contributed by atoms with Crippen molar-refractivity contribution in [2.75, 3.05) is 0 Å². The minimum Gasteiger partial charge on any atom is -0.323 e. The molecule has 0 aromatic heterocycles. The van der Waals surface area contributed by atoms with E-state index in [0.717, 1.165) is 16.3 Å². The molecule has 1 unspecified atom stereocenters. The molecule has 3 heteroatoms. The van der Waals surface area contributed by atoms with Crippen molar-refractivity contribution < 1.29 is 9.59 Å². The number of nitrogens with two attached hydrogens (primary N) is 1. The molecule has 0 saturated heterocycles. The maximum Gasteiger partial charge on any atom is 0.175 e. The number of hydrogen-bond acceptors (Lipinski definition) is 3. The number of fused-ring (bicyclic) bond motifs is 1. The molecule has 4 aromatic rings. The molecule has 142 valence electrons. The predicted molar refractivity (Wildman–Crippen MR) is 116 cm³/mol. The van der Waals surface area contributed by atoms with Crippen LogP contribution in [0.5, 0.6) is 0 Å². The highest BCUT2D eigenvalue weighted by molar-refractivity contribution is 6.17. The number of carbonyl (C=O) groups excluding carboxylic acids is 2. The lowest BCUT2D eigenvalue weighted by Gasteiger charge is -2.24. The van der Waals surface area contributed by atoms with Gasteiger partial charge in [0.15, 0.2) is 11.6 Å². The Morgan fingerprint density at radius 1 is 0.586 bits per heavy atom. The van der Waals surface area contributed by atoms with Gasteiger partial charge < -0.3 is 5.73 Å². The number of Topliss-reactive ketones (excluding diaryl/α,β-unsaturated/α-hetero) is 2. The first-order valence-corrected chi connectivity index (χ1v) is 9.58. The van der Waals surface area contributed by atoms with Gasteiger partial charge in [0.05, 0.1) is 0 Å². The van der Waals surface area contributed by atoms with Crippen molar-refractivity contribution >= 4 is 22.3 Å². The lowest BCUT2D eigenvalue weighted by molar-refractivity contribution is 0.0784.